The summed E-state index contributed by atoms with van der Waals surface area (Å²) in [4.78, 5) is 4.01. The molecule has 0 aliphatic carbocycles. The molecule has 4 heteroatoms. The highest BCUT2D eigenvalue weighted by Crippen LogP contribution is 2.28. The Kier molecular flexibility index (Phi) is 3.40. The van der Waals surface area contributed by atoms with Crippen LogP contribution in [-0.4, -0.2) is 4.98 Å². The van der Waals surface area contributed by atoms with Gasteiger partial charge in [-0.05, 0) is 46.6 Å². The summed E-state index contributed by atoms with van der Waals surface area (Å²) in [6, 6.07) is 11.5. The van der Waals surface area contributed by atoms with Gasteiger partial charge in [-0.15, -0.1) is 0 Å². The number of anilines is 2. The van der Waals surface area contributed by atoms with Gasteiger partial charge in [-0.1, -0.05) is 12.1 Å². The zero-order valence-corrected chi connectivity index (χ0v) is 10.8. The molecule has 84 valence electrons. The number of nitriles is 1. The highest BCUT2D eigenvalue weighted by Gasteiger charge is 2.02. The Morgan fingerprint density at radius 2 is 2.12 bits per heavy atom. The summed E-state index contributed by atoms with van der Waals surface area (Å²) >= 11 is 3.53. The number of hydrogen-bond acceptors (Lipinski definition) is 3. The Bertz CT molecular complexity index is 570. The van der Waals surface area contributed by atoms with Gasteiger partial charge in [-0.3, -0.25) is 0 Å². The number of rotatable bonds is 2. The zero-order chi connectivity index (χ0) is 12.3. The molecule has 1 N–H and O–H groups in total. The molecular weight excluding hydrogens is 278 g/mol. The molecular formula is C13H10BrN3. The largest absolute Gasteiger partial charge is 0.353 e. The minimum atomic E-state index is 0.416. The first-order valence-electron chi connectivity index (χ1n) is 5.09. The molecule has 0 radical (unpaired) electrons. The standard InChI is InChI=1S/C13H10BrN3/c1-9-3-2-4-12(13(9)14)17-11-6-5-10(7-15)16-8-11/h2-6,8,17H,1H3. The molecule has 1 aromatic carbocycles. The molecule has 0 unspecified atom stereocenters. The fourth-order valence-electron chi connectivity index (χ4n) is 1.43. The summed E-state index contributed by atoms with van der Waals surface area (Å²) < 4.78 is 1.03. The van der Waals surface area contributed by atoms with Gasteiger partial charge in [0, 0.05) is 4.47 Å². The van der Waals surface area contributed by atoms with Crippen molar-refractivity contribution in [1.82, 2.24) is 4.98 Å². The van der Waals surface area contributed by atoms with Crippen molar-refractivity contribution in [3.05, 3.63) is 52.3 Å². The van der Waals surface area contributed by atoms with Crippen LogP contribution in [0, 0.1) is 18.3 Å². The summed E-state index contributed by atoms with van der Waals surface area (Å²) in [5.74, 6) is 0. The van der Waals surface area contributed by atoms with Gasteiger partial charge in [0.05, 0.1) is 17.6 Å². The fourth-order valence-corrected chi connectivity index (χ4v) is 1.80. The first kappa shape index (κ1) is 11.6. The molecule has 3 nitrogen and oxygen atoms in total. The molecule has 0 spiro atoms. The van der Waals surface area contributed by atoms with Crippen LogP contribution in [0.5, 0.6) is 0 Å². The van der Waals surface area contributed by atoms with E-state index in [4.69, 9.17) is 5.26 Å². The van der Waals surface area contributed by atoms with Crippen LogP contribution in [0.1, 0.15) is 11.3 Å². The highest BCUT2D eigenvalue weighted by molar-refractivity contribution is 9.10. The minimum absolute atomic E-state index is 0.416. The topological polar surface area (TPSA) is 48.7 Å². The molecule has 2 aromatic rings. The third-order valence-corrected chi connectivity index (χ3v) is 3.40. The van der Waals surface area contributed by atoms with Crippen LogP contribution in [-0.2, 0) is 0 Å². The van der Waals surface area contributed by atoms with Crippen LogP contribution >= 0.6 is 15.9 Å². The van der Waals surface area contributed by atoms with Crippen molar-refractivity contribution in [3.63, 3.8) is 0 Å². The molecule has 0 saturated carbocycles. The van der Waals surface area contributed by atoms with Gasteiger partial charge < -0.3 is 5.32 Å². The van der Waals surface area contributed by atoms with E-state index in [9.17, 15) is 0 Å². The number of nitrogens with one attached hydrogen (secondary N) is 1. The van der Waals surface area contributed by atoms with Gasteiger partial charge >= 0.3 is 0 Å². The van der Waals surface area contributed by atoms with E-state index in [1.807, 2.05) is 37.3 Å². The molecule has 0 saturated heterocycles. The molecule has 1 aromatic heterocycles. The quantitative estimate of drug-likeness (QED) is 0.915. The number of benzene rings is 1. The fraction of sp³-hybridized carbons (Fsp3) is 0.0769. The molecule has 0 atom stereocenters. The van der Waals surface area contributed by atoms with Crippen molar-refractivity contribution >= 4 is 27.3 Å². The van der Waals surface area contributed by atoms with Crippen molar-refractivity contribution in [2.75, 3.05) is 5.32 Å². The predicted molar refractivity (Wildman–Crippen MR) is 71.1 cm³/mol. The molecule has 0 fully saturated rings. The van der Waals surface area contributed by atoms with Crippen molar-refractivity contribution in [2.24, 2.45) is 0 Å². The second-order valence-corrected chi connectivity index (χ2v) is 4.40. The predicted octanol–water partition coefficient (Wildman–Crippen LogP) is 3.77. The third-order valence-electron chi connectivity index (χ3n) is 2.35. The molecule has 2 rings (SSSR count). The van der Waals surface area contributed by atoms with Crippen molar-refractivity contribution in [2.45, 2.75) is 6.92 Å². The smallest absolute Gasteiger partial charge is 0.140 e. The maximum absolute atomic E-state index is 8.66. The second kappa shape index (κ2) is 4.98. The van der Waals surface area contributed by atoms with E-state index in [2.05, 4.69) is 26.2 Å². The first-order chi connectivity index (χ1) is 8.20. The third kappa shape index (κ3) is 2.63. The van der Waals surface area contributed by atoms with Gasteiger partial charge in [0.2, 0.25) is 0 Å². The van der Waals surface area contributed by atoms with Crippen LogP contribution in [0.15, 0.2) is 41.0 Å². The van der Waals surface area contributed by atoms with E-state index < -0.39 is 0 Å². The van der Waals surface area contributed by atoms with Crippen LogP contribution in [0.2, 0.25) is 0 Å². The molecule has 0 aliphatic heterocycles. The number of nitrogens with zero attached hydrogens (tertiary/aromatic N) is 2. The molecule has 0 aliphatic rings. The van der Waals surface area contributed by atoms with E-state index in [0.717, 1.165) is 21.4 Å². The SMILES string of the molecule is Cc1cccc(Nc2ccc(C#N)nc2)c1Br. The zero-order valence-electron chi connectivity index (χ0n) is 9.24. The summed E-state index contributed by atoms with van der Waals surface area (Å²) in [5, 5.41) is 11.9. The molecule has 0 amide bonds. The van der Waals surface area contributed by atoms with Crippen LogP contribution < -0.4 is 5.32 Å². The molecule has 0 bridgehead atoms. The summed E-state index contributed by atoms with van der Waals surface area (Å²) in [6.07, 6.45) is 1.65. The summed E-state index contributed by atoms with van der Waals surface area (Å²) in [7, 11) is 0. The maximum atomic E-state index is 8.66. The minimum Gasteiger partial charge on any atom is -0.353 e. The first-order valence-corrected chi connectivity index (χ1v) is 5.88. The lowest BCUT2D eigenvalue weighted by Gasteiger charge is -2.09. The van der Waals surface area contributed by atoms with E-state index in [0.29, 0.717) is 5.69 Å². The Hall–Kier alpha value is -1.86. The van der Waals surface area contributed by atoms with E-state index in [1.165, 1.54) is 0 Å². The average molecular weight is 288 g/mol. The number of aryl methyl sites for hydroxylation is 1. The van der Waals surface area contributed by atoms with Crippen molar-refractivity contribution in [3.8, 4) is 6.07 Å². The Balaban J connectivity index is 2.26. The summed E-state index contributed by atoms with van der Waals surface area (Å²) in [6.45, 7) is 2.03. The van der Waals surface area contributed by atoms with Crippen LogP contribution in [0.4, 0.5) is 11.4 Å². The molecule has 1 heterocycles. The van der Waals surface area contributed by atoms with Gasteiger partial charge in [0.15, 0.2) is 0 Å². The lowest BCUT2D eigenvalue weighted by Crippen LogP contribution is -1.94. The normalized spacial score (nSPS) is 9.71. The van der Waals surface area contributed by atoms with Gasteiger partial charge in [0.25, 0.3) is 0 Å². The Labute approximate surface area is 108 Å². The second-order valence-electron chi connectivity index (χ2n) is 3.61. The highest BCUT2D eigenvalue weighted by atomic mass is 79.9. The van der Waals surface area contributed by atoms with Gasteiger partial charge in [0.1, 0.15) is 11.8 Å². The van der Waals surface area contributed by atoms with E-state index >= 15 is 0 Å². The average Bonchev–Trinajstić information content (AvgIpc) is 2.36. The summed E-state index contributed by atoms with van der Waals surface area (Å²) in [5.41, 5.74) is 3.42. The lowest BCUT2D eigenvalue weighted by atomic mass is 10.2. The number of halogens is 1. The lowest BCUT2D eigenvalue weighted by molar-refractivity contribution is 1.26. The number of pyridine rings is 1. The monoisotopic (exact) mass is 287 g/mol. The van der Waals surface area contributed by atoms with Gasteiger partial charge in [-0.25, -0.2) is 4.98 Å². The maximum Gasteiger partial charge on any atom is 0.140 e. The van der Waals surface area contributed by atoms with Crippen molar-refractivity contribution in [1.29, 1.82) is 5.26 Å². The van der Waals surface area contributed by atoms with E-state index in [-0.39, 0.29) is 0 Å². The van der Waals surface area contributed by atoms with Crippen LogP contribution in [0.3, 0.4) is 0 Å². The number of aromatic nitrogens is 1. The van der Waals surface area contributed by atoms with Crippen LogP contribution in [0.25, 0.3) is 0 Å². The van der Waals surface area contributed by atoms with Gasteiger partial charge in [-0.2, -0.15) is 5.26 Å². The Morgan fingerprint density at radius 1 is 1.29 bits per heavy atom. The van der Waals surface area contributed by atoms with Crippen molar-refractivity contribution < 1.29 is 0 Å². The van der Waals surface area contributed by atoms with E-state index in [1.54, 1.807) is 12.3 Å². The number of hydrogen-bond donors (Lipinski definition) is 1. The Morgan fingerprint density at radius 3 is 2.76 bits per heavy atom. The molecule has 17 heavy (non-hydrogen) atoms.